The number of aryl methyl sites for hydroxylation is 2. The third-order valence-electron chi connectivity index (χ3n) is 3.59. The number of likely N-dealkylation sites (tertiary alicyclic amines) is 1. The predicted molar refractivity (Wildman–Crippen MR) is 73.2 cm³/mol. The maximum atomic E-state index is 12.3. The van der Waals surface area contributed by atoms with Gasteiger partial charge in [-0.05, 0) is 25.5 Å². The highest BCUT2D eigenvalue weighted by molar-refractivity contribution is 5.92. The summed E-state index contributed by atoms with van der Waals surface area (Å²) in [6, 6.07) is 3.63. The van der Waals surface area contributed by atoms with Crippen LogP contribution in [0, 0.1) is 6.92 Å². The molecule has 1 aliphatic heterocycles. The van der Waals surface area contributed by atoms with Gasteiger partial charge >= 0.3 is 0 Å². The molecule has 0 unspecified atom stereocenters. The van der Waals surface area contributed by atoms with Crippen LogP contribution in [-0.4, -0.2) is 43.6 Å². The lowest BCUT2D eigenvalue weighted by atomic mass is 10.1. The smallest absolute Gasteiger partial charge is 0.274 e. The van der Waals surface area contributed by atoms with Crippen LogP contribution in [0.3, 0.4) is 0 Å². The second-order valence-electron chi connectivity index (χ2n) is 5.17. The van der Waals surface area contributed by atoms with Gasteiger partial charge in [-0.3, -0.25) is 9.48 Å². The van der Waals surface area contributed by atoms with E-state index in [0.717, 1.165) is 24.5 Å². The predicted octanol–water partition coefficient (Wildman–Crippen LogP) is 1.15. The van der Waals surface area contributed by atoms with E-state index in [4.69, 9.17) is 0 Å². The lowest BCUT2D eigenvalue weighted by Crippen LogP contribution is -2.29. The van der Waals surface area contributed by atoms with Crippen molar-refractivity contribution in [3.8, 4) is 0 Å². The van der Waals surface area contributed by atoms with Gasteiger partial charge in [0.1, 0.15) is 11.5 Å². The highest BCUT2D eigenvalue weighted by Crippen LogP contribution is 2.25. The number of rotatable bonds is 2. The molecule has 1 amide bonds. The van der Waals surface area contributed by atoms with Gasteiger partial charge in [0.25, 0.3) is 5.91 Å². The van der Waals surface area contributed by atoms with Crippen molar-refractivity contribution in [2.45, 2.75) is 19.3 Å². The number of amides is 1. The van der Waals surface area contributed by atoms with Crippen LogP contribution in [0.1, 0.15) is 34.3 Å². The van der Waals surface area contributed by atoms with Gasteiger partial charge in [-0.2, -0.15) is 5.10 Å². The summed E-state index contributed by atoms with van der Waals surface area (Å²) in [7, 11) is 1.81. The van der Waals surface area contributed by atoms with Crippen molar-refractivity contribution in [2.75, 3.05) is 13.1 Å². The van der Waals surface area contributed by atoms with Gasteiger partial charge in [-0.25, -0.2) is 9.97 Å². The van der Waals surface area contributed by atoms with E-state index in [1.54, 1.807) is 23.1 Å². The zero-order valence-electron chi connectivity index (χ0n) is 11.7. The summed E-state index contributed by atoms with van der Waals surface area (Å²) in [5, 5.41) is 4.16. The quantitative estimate of drug-likeness (QED) is 0.822. The van der Waals surface area contributed by atoms with E-state index in [2.05, 4.69) is 15.1 Å². The molecule has 1 fully saturated rings. The first kappa shape index (κ1) is 12.8. The molecule has 1 atom stereocenters. The molecule has 0 saturated carbocycles. The van der Waals surface area contributed by atoms with Crippen LogP contribution in [0.5, 0.6) is 0 Å². The Morgan fingerprint density at radius 1 is 1.40 bits per heavy atom. The van der Waals surface area contributed by atoms with Crippen LogP contribution in [-0.2, 0) is 7.05 Å². The van der Waals surface area contributed by atoms with Gasteiger partial charge in [0, 0.05) is 44.1 Å². The molecule has 1 saturated heterocycles. The topological polar surface area (TPSA) is 63.9 Å². The van der Waals surface area contributed by atoms with Gasteiger partial charge in [0.15, 0.2) is 0 Å². The van der Waals surface area contributed by atoms with E-state index in [0.29, 0.717) is 12.2 Å². The minimum atomic E-state index is -0.0132. The fourth-order valence-corrected chi connectivity index (χ4v) is 2.51. The molecule has 0 spiro atoms. The Kier molecular flexibility index (Phi) is 3.22. The van der Waals surface area contributed by atoms with E-state index in [-0.39, 0.29) is 11.8 Å². The highest BCUT2D eigenvalue weighted by Gasteiger charge is 2.30. The Hall–Kier alpha value is -2.24. The maximum absolute atomic E-state index is 12.3. The molecule has 2 aromatic rings. The van der Waals surface area contributed by atoms with Crippen LogP contribution in [0.15, 0.2) is 24.5 Å². The fourth-order valence-electron chi connectivity index (χ4n) is 2.51. The van der Waals surface area contributed by atoms with Crippen molar-refractivity contribution in [2.24, 2.45) is 7.05 Å². The van der Waals surface area contributed by atoms with Crippen LogP contribution in [0.4, 0.5) is 0 Å². The van der Waals surface area contributed by atoms with Crippen LogP contribution < -0.4 is 0 Å². The molecular formula is C14H17N5O. The summed E-state index contributed by atoms with van der Waals surface area (Å²) < 4.78 is 1.64. The van der Waals surface area contributed by atoms with Crippen LogP contribution >= 0.6 is 0 Å². The van der Waals surface area contributed by atoms with E-state index in [1.807, 2.05) is 24.9 Å². The average Bonchev–Trinajstić information content (AvgIpc) is 3.07. The zero-order chi connectivity index (χ0) is 14.1. The molecule has 0 aromatic carbocycles. The third kappa shape index (κ3) is 2.41. The Morgan fingerprint density at radius 2 is 2.25 bits per heavy atom. The number of carbonyl (C=O) groups excluding carboxylic acids is 1. The van der Waals surface area contributed by atoms with Gasteiger partial charge in [0.05, 0.1) is 0 Å². The molecular weight excluding hydrogens is 254 g/mol. The molecule has 3 heterocycles. The number of hydrogen-bond donors (Lipinski definition) is 0. The summed E-state index contributed by atoms with van der Waals surface area (Å²) in [6.45, 7) is 3.35. The average molecular weight is 271 g/mol. The molecule has 0 bridgehead atoms. The first-order valence-electron chi connectivity index (χ1n) is 6.72. The third-order valence-corrected chi connectivity index (χ3v) is 3.59. The molecule has 0 radical (unpaired) electrons. The fraction of sp³-hybridized carbons (Fsp3) is 0.429. The molecule has 0 aliphatic carbocycles. The van der Waals surface area contributed by atoms with E-state index in [1.165, 1.54) is 0 Å². The number of nitrogens with zero attached hydrogens (tertiary/aromatic N) is 5. The highest BCUT2D eigenvalue weighted by atomic mass is 16.2. The minimum absolute atomic E-state index is 0.0132. The molecule has 104 valence electrons. The van der Waals surface area contributed by atoms with E-state index >= 15 is 0 Å². The molecule has 1 aliphatic rings. The summed E-state index contributed by atoms with van der Waals surface area (Å²) in [5.41, 5.74) is 1.46. The number of carbonyl (C=O) groups is 1. The first-order chi connectivity index (χ1) is 9.63. The van der Waals surface area contributed by atoms with Gasteiger partial charge < -0.3 is 4.90 Å². The van der Waals surface area contributed by atoms with Gasteiger partial charge in [-0.1, -0.05) is 0 Å². The SMILES string of the molecule is Cc1ccnc([C@@H]2CCN(C(=O)c3ccn(C)n3)C2)n1. The lowest BCUT2D eigenvalue weighted by molar-refractivity contribution is 0.0784. The molecule has 3 rings (SSSR count). The lowest BCUT2D eigenvalue weighted by Gasteiger charge is -2.14. The molecule has 2 aromatic heterocycles. The van der Waals surface area contributed by atoms with Gasteiger partial charge in [0.2, 0.25) is 0 Å². The van der Waals surface area contributed by atoms with Crippen molar-refractivity contribution < 1.29 is 4.79 Å². The van der Waals surface area contributed by atoms with E-state index in [9.17, 15) is 4.79 Å². The maximum Gasteiger partial charge on any atom is 0.274 e. The second kappa shape index (κ2) is 5.03. The van der Waals surface area contributed by atoms with Crippen molar-refractivity contribution in [3.63, 3.8) is 0 Å². The Balaban J connectivity index is 1.72. The Bertz CT molecular complexity index is 636. The Labute approximate surface area is 117 Å². The largest absolute Gasteiger partial charge is 0.336 e. The van der Waals surface area contributed by atoms with Crippen molar-refractivity contribution in [1.29, 1.82) is 0 Å². The Morgan fingerprint density at radius 3 is 2.95 bits per heavy atom. The summed E-state index contributed by atoms with van der Waals surface area (Å²) >= 11 is 0. The van der Waals surface area contributed by atoms with Crippen molar-refractivity contribution >= 4 is 5.91 Å². The molecule has 6 heteroatoms. The summed E-state index contributed by atoms with van der Waals surface area (Å²) in [4.78, 5) is 22.9. The second-order valence-corrected chi connectivity index (χ2v) is 5.17. The van der Waals surface area contributed by atoms with E-state index < -0.39 is 0 Å². The summed E-state index contributed by atoms with van der Waals surface area (Å²) in [5.74, 6) is 1.05. The van der Waals surface area contributed by atoms with Gasteiger partial charge in [-0.15, -0.1) is 0 Å². The van der Waals surface area contributed by atoms with Crippen molar-refractivity contribution in [1.82, 2.24) is 24.6 Å². The number of hydrogen-bond acceptors (Lipinski definition) is 4. The zero-order valence-corrected chi connectivity index (χ0v) is 11.7. The first-order valence-corrected chi connectivity index (χ1v) is 6.72. The monoisotopic (exact) mass is 271 g/mol. The minimum Gasteiger partial charge on any atom is -0.336 e. The molecule has 20 heavy (non-hydrogen) atoms. The standard InChI is InChI=1S/C14H17N5O/c1-10-3-6-15-13(16-10)11-4-8-19(9-11)14(20)12-5-7-18(2)17-12/h3,5-7,11H,4,8-9H2,1-2H3/t11-/m1/s1. The van der Waals surface area contributed by atoms with Crippen LogP contribution in [0.25, 0.3) is 0 Å². The number of aromatic nitrogens is 4. The van der Waals surface area contributed by atoms with Crippen molar-refractivity contribution in [3.05, 3.63) is 41.7 Å². The summed E-state index contributed by atoms with van der Waals surface area (Å²) in [6.07, 6.45) is 4.47. The molecule has 0 N–H and O–H groups in total. The van der Waals surface area contributed by atoms with Crippen LogP contribution in [0.2, 0.25) is 0 Å². The normalized spacial score (nSPS) is 18.5. The molecule has 6 nitrogen and oxygen atoms in total.